The van der Waals surface area contributed by atoms with Crippen LogP contribution >= 0.6 is 11.6 Å². The summed E-state index contributed by atoms with van der Waals surface area (Å²) < 4.78 is 21.4. The number of benzene rings is 2. The monoisotopic (exact) mass is 442 g/mol. The summed E-state index contributed by atoms with van der Waals surface area (Å²) in [6, 6.07) is 12.5. The molecule has 164 valence electrons. The number of fused-ring (bicyclic) bond motifs is 1. The van der Waals surface area contributed by atoms with Gasteiger partial charge in [-0.3, -0.25) is 4.79 Å². The molecular formula is C25H28ClFN2O2. The molecule has 0 bridgehead atoms. The molecule has 1 aliphatic rings. The summed E-state index contributed by atoms with van der Waals surface area (Å²) in [6.45, 7) is 2.85. The number of nitrogens with zero attached hydrogens (tertiary/aromatic N) is 2. The minimum atomic E-state index is -0.297. The van der Waals surface area contributed by atoms with Crippen molar-refractivity contribution in [2.45, 2.75) is 58.4 Å². The zero-order valence-corrected chi connectivity index (χ0v) is 18.6. The van der Waals surface area contributed by atoms with E-state index < -0.39 is 0 Å². The van der Waals surface area contributed by atoms with E-state index in [2.05, 4.69) is 4.57 Å². The zero-order valence-electron chi connectivity index (χ0n) is 17.9. The van der Waals surface area contributed by atoms with E-state index >= 15 is 0 Å². The molecule has 1 fully saturated rings. The van der Waals surface area contributed by atoms with Crippen molar-refractivity contribution < 1.29 is 13.9 Å². The first-order valence-electron chi connectivity index (χ1n) is 11.0. The number of ether oxygens (including phenoxy) is 1. The molecule has 1 saturated carbocycles. The second kappa shape index (κ2) is 9.39. The highest BCUT2D eigenvalue weighted by Gasteiger charge is 2.36. The summed E-state index contributed by atoms with van der Waals surface area (Å²) in [5.41, 5.74) is 2.47. The van der Waals surface area contributed by atoms with E-state index in [1.807, 2.05) is 31.2 Å². The lowest BCUT2D eigenvalue weighted by atomic mass is 9.69. The quantitative estimate of drug-likeness (QED) is 0.402. The predicted molar refractivity (Wildman–Crippen MR) is 121 cm³/mol. The van der Waals surface area contributed by atoms with E-state index in [9.17, 15) is 9.18 Å². The zero-order chi connectivity index (χ0) is 21.8. The van der Waals surface area contributed by atoms with Gasteiger partial charge >= 0.3 is 5.97 Å². The van der Waals surface area contributed by atoms with Crippen molar-refractivity contribution in [1.29, 1.82) is 0 Å². The molecule has 0 N–H and O–H groups in total. The fraction of sp³-hybridized carbons (Fsp3) is 0.440. The third-order valence-corrected chi connectivity index (χ3v) is 6.57. The number of imidazole rings is 1. The molecule has 4 rings (SSSR count). The lowest BCUT2D eigenvalue weighted by molar-refractivity contribution is -0.146. The van der Waals surface area contributed by atoms with Gasteiger partial charge in [0.1, 0.15) is 11.6 Å². The lowest BCUT2D eigenvalue weighted by Gasteiger charge is -2.36. The molecule has 4 nitrogen and oxygen atoms in total. The number of carbonyl (C=O) groups is 1. The third-order valence-electron chi connectivity index (χ3n) is 6.32. The van der Waals surface area contributed by atoms with Crippen LogP contribution < -0.4 is 0 Å². The van der Waals surface area contributed by atoms with Gasteiger partial charge in [-0.15, -0.1) is 0 Å². The molecule has 1 aliphatic carbocycles. The number of hydrogen-bond donors (Lipinski definition) is 0. The first-order valence-corrected chi connectivity index (χ1v) is 11.4. The molecule has 6 heteroatoms. The normalized spacial score (nSPS) is 15.8. The van der Waals surface area contributed by atoms with Crippen LogP contribution in [0.15, 0.2) is 42.5 Å². The average molecular weight is 443 g/mol. The fourth-order valence-electron chi connectivity index (χ4n) is 4.81. The van der Waals surface area contributed by atoms with Crippen LogP contribution in [0.5, 0.6) is 0 Å². The predicted octanol–water partition coefficient (Wildman–Crippen LogP) is 6.32. The molecule has 1 heterocycles. The average Bonchev–Trinajstić information content (AvgIpc) is 3.06. The van der Waals surface area contributed by atoms with Crippen molar-refractivity contribution >= 4 is 28.6 Å². The summed E-state index contributed by atoms with van der Waals surface area (Å²) in [6.07, 6.45) is 6.43. The van der Waals surface area contributed by atoms with Gasteiger partial charge in [0.25, 0.3) is 0 Å². The van der Waals surface area contributed by atoms with Crippen LogP contribution in [0, 0.1) is 11.2 Å². The van der Waals surface area contributed by atoms with E-state index in [1.165, 1.54) is 18.6 Å². The highest BCUT2D eigenvalue weighted by atomic mass is 35.5. The van der Waals surface area contributed by atoms with Crippen LogP contribution in [-0.2, 0) is 22.5 Å². The Bertz CT molecular complexity index is 1060. The molecule has 0 atom stereocenters. The number of rotatable bonds is 7. The first kappa shape index (κ1) is 21.8. The Morgan fingerprint density at radius 2 is 1.90 bits per heavy atom. The second-order valence-electron chi connectivity index (χ2n) is 8.59. The number of carbonyl (C=O) groups excluding carboxylic acids is 1. The van der Waals surface area contributed by atoms with E-state index in [-0.39, 0.29) is 17.2 Å². The number of esters is 1. The van der Waals surface area contributed by atoms with Crippen LogP contribution in [0.2, 0.25) is 5.02 Å². The van der Waals surface area contributed by atoms with Crippen molar-refractivity contribution in [2.24, 2.45) is 5.41 Å². The minimum Gasteiger partial charge on any atom is -0.466 e. The maximum absolute atomic E-state index is 13.9. The minimum absolute atomic E-state index is 0.143. The van der Waals surface area contributed by atoms with Gasteiger partial charge in [-0.25, -0.2) is 9.37 Å². The summed E-state index contributed by atoms with van der Waals surface area (Å²) in [4.78, 5) is 17.2. The van der Waals surface area contributed by atoms with Gasteiger partial charge in [-0.05, 0) is 55.0 Å². The Morgan fingerprint density at radius 3 is 2.61 bits per heavy atom. The molecule has 1 aromatic heterocycles. The van der Waals surface area contributed by atoms with Gasteiger partial charge in [0, 0.05) is 24.1 Å². The molecule has 0 unspecified atom stereocenters. The Morgan fingerprint density at radius 1 is 1.16 bits per heavy atom. The maximum Gasteiger partial charge on any atom is 0.306 e. The highest BCUT2D eigenvalue weighted by molar-refractivity contribution is 6.30. The van der Waals surface area contributed by atoms with Gasteiger partial charge < -0.3 is 9.30 Å². The summed E-state index contributed by atoms with van der Waals surface area (Å²) in [5, 5.41) is 0.692. The Labute approximate surface area is 187 Å². The number of hydrogen-bond acceptors (Lipinski definition) is 3. The van der Waals surface area contributed by atoms with Crippen molar-refractivity contribution in [2.75, 3.05) is 6.61 Å². The third kappa shape index (κ3) is 5.09. The van der Waals surface area contributed by atoms with E-state index in [4.69, 9.17) is 21.3 Å². The number of halogens is 2. The fourth-order valence-corrected chi connectivity index (χ4v) is 4.93. The highest BCUT2D eigenvalue weighted by Crippen LogP contribution is 2.42. The second-order valence-corrected chi connectivity index (χ2v) is 9.03. The van der Waals surface area contributed by atoms with Crippen LogP contribution in [0.3, 0.4) is 0 Å². The largest absolute Gasteiger partial charge is 0.466 e. The molecule has 3 aromatic rings. The summed E-state index contributed by atoms with van der Waals surface area (Å²) in [7, 11) is 0. The van der Waals surface area contributed by atoms with Crippen LogP contribution in [0.25, 0.3) is 11.0 Å². The number of aromatic nitrogens is 2. The van der Waals surface area contributed by atoms with Crippen LogP contribution in [-0.4, -0.2) is 22.1 Å². The lowest BCUT2D eigenvalue weighted by Crippen LogP contribution is -2.31. The maximum atomic E-state index is 13.9. The Kier molecular flexibility index (Phi) is 6.61. The van der Waals surface area contributed by atoms with Gasteiger partial charge in [0.05, 0.1) is 24.1 Å². The molecular weight excluding hydrogens is 415 g/mol. The first-order chi connectivity index (χ1) is 15.0. The molecule has 0 aliphatic heterocycles. The van der Waals surface area contributed by atoms with Crippen molar-refractivity contribution in [3.05, 3.63) is 64.7 Å². The van der Waals surface area contributed by atoms with Gasteiger partial charge in [0.2, 0.25) is 0 Å². The molecule has 0 spiro atoms. The molecule has 31 heavy (non-hydrogen) atoms. The van der Waals surface area contributed by atoms with Gasteiger partial charge in [-0.1, -0.05) is 43.0 Å². The van der Waals surface area contributed by atoms with Crippen molar-refractivity contribution in [1.82, 2.24) is 9.55 Å². The van der Waals surface area contributed by atoms with Crippen molar-refractivity contribution in [3.8, 4) is 0 Å². The molecule has 0 radical (unpaired) electrons. The van der Waals surface area contributed by atoms with Gasteiger partial charge in [-0.2, -0.15) is 0 Å². The van der Waals surface area contributed by atoms with E-state index in [0.29, 0.717) is 36.5 Å². The van der Waals surface area contributed by atoms with Crippen molar-refractivity contribution in [3.63, 3.8) is 0 Å². The smallest absolute Gasteiger partial charge is 0.306 e. The van der Waals surface area contributed by atoms with E-state index in [1.54, 1.807) is 6.07 Å². The molecule has 2 aromatic carbocycles. The SMILES string of the molecule is CCOC(=O)CC1(Cc2nc3cc(F)ccc3n2Cc2ccc(Cl)cc2)CCCCC1. The Balaban J connectivity index is 1.72. The molecule has 0 saturated heterocycles. The summed E-state index contributed by atoms with van der Waals surface area (Å²) >= 11 is 6.05. The Hall–Kier alpha value is -2.40. The van der Waals surface area contributed by atoms with Crippen LogP contribution in [0.4, 0.5) is 4.39 Å². The molecule has 0 amide bonds. The van der Waals surface area contributed by atoms with Crippen LogP contribution in [0.1, 0.15) is 56.8 Å². The van der Waals surface area contributed by atoms with Gasteiger partial charge in [0.15, 0.2) is 0 Å². The standard InChI is InChI=1S/C25H28ClFN2O2/c1-2-31-24(30)16-25(12-4-3-5-13-25)15-23-28-21-14-20(27)10-11-22(21)29(23)17-18-6-8-19(26)9-7-18/h6-11,14H,2-5,12-13,15-17H2,1H3. The topological polar surface area (TPSA) is 44.1 Å². The van der Waals surface area contributed by atoms with E-state index in [0.717, 1.165) is 42.6 Å². The summed E-state index contributed by atoms with van der Waals surface area (Å²) in [5.74, 6) is 0.451.